The van der Waals surface area contributed by atoms with Crippen LogP contribution in [0.2, 0.25) is 0 Å². The summed E-state index contributed by atoms with van der Waals surface area (Å²) in [6.07, 6.45) is 2.85. The molecule has 1 aromatic heterocycles. The van der Waals surface area contributed by atoms with Gasteiger partial charge in [0.15, 0.2) is 0 Å². The Kier molecular flexibility index (Phi) is 4.09. The van der Waals surface area contributed by atoms with E-state index in [4.69, 9.17) is 0 Å². The lowest BCUT2D eigenvalue weighted by atomic mass is 9.81. The van der Waals surface area contributed by atoms with Gasteiger partial charge >= 0.3 is 0 Å². The van der Waals surface area contributed by atoms with Crippen LogP contribution in [0.25, 0.3) is 10.9 Å². The summed E-state index contributed by atoms with van der Waals surface area (Å²) in [6, 6.07) is 9.31. The van der Waals surface area contributed by atoms with Crippen LogP contribution in [0.3, 0.4) is 0 Å². The van der Waals surface area contributed by atoms with Gasteiger partial charge in [-0.15, -0.1) is 0 Å². The summed E-state index contributed by atoms with van der Waals surface area (Å²) >= 11 is 0. The zero-order chi connectivity index (χ0) is 17.3. The van der Waals surface area contributed by atoms with E-state index in [0.717, 1.165) is 22.3 Å². The Morgan fingerprint density at radius 2 is 2.00 bits per heavy atom. The number of hydrogen-bond acceptors (Lipinski definition) is 4. The third kappa shape index (κ3) is 3.45. The van der Waals surface area contributed by atoms with Crippen LogP contribution in [0.4, 0.5) is 0 Å². The molecule has 1 aliphatic carbocycles. The molecule has 1 aliphatic rings. The number of nitrogens with one attached hydrogen (secondary N) is 2. The molecule has 1 aromatic carbocycles. The molecule has 0 atom stereocenters. The standard InChI is InChI=1S/C19H21N3O2/c1-12-8-16(15-6-4-5-7-17(15)20-12)18(24)22-21-13-9-14(23)11-19(2,3)10-13/h4-8,10,21H,9,11H2,1-3H3,(H,22,24). The van der Waals surface area contributed by atoms with E-state index >= 15 is 0 Å². The molecule has 1 amide bonds. The summed E-state index contributed by atoms with van der Waals surface area (Å²) in [5.74, 6) is -0.0714. The molecule has 124 valence electrons. The lowest BCUT2D eigenvalue weighted by Crippen LogP contribution is -2.39. The molecule has 24 heavy (non-hydrogen) atoms. The van der Waals surface area contributed by atoms with Gasteiger partial charge < -0.3 is 5.43 Å². The number of Topliss-reactive ketones (excluding diaryl/α,β-unsaturated/α-hetero) is 1. The lowest BCUT2D eigenvalue weighted by Gasteiger charge is -2.27. The first-order valence-corrected chi connectivity index (χ1v) is 8.00. The van der Waals surface area contributed by atoms with Crippen molar-refractivity contribution in [2.45, 2.75) is 33.6 Å². The number of allylic oxidation sites excluding steroid dienone is 2. The second-order valence-corrected chi connectivity index (χ2v) is 6.96. The maximum Gasteiger partial charge on any atom is 0.270 e. The van der Waals surface area contributed by atoms with Crippen molar-refractivity contribution in [2.75, 3.05) is 0 Å². The summed E-state index contributed by atoms with van der Waals surface area (Å²) in [6.45, 7) is 5.88. The Morgan fingerprint density at radius 3 is 2.75 bits per heavy atom. The van der Waals surface area contributed by atoms with Crippen molar-refractivity contribution in [3.63, 3.8) is 0 Å². The number of amides is 1. The molecule has 0 saturated carbocycles. The van der Waals surface area contributed by atoms with E-state index in [2.05, 4.69) is 15.8 Å². The Hall–Kier alpha value is -2.69. The summed E-state index contributed by atoms with van der Waals surface area (Å²) < 4.78 is 0. The van der Waals surface area contributed by atoms with Gasteiger partial charge in [0, 0.05) is 29.6 Å². The molecule has 0 bridgehead atoms. The van der Waals surface area contributed by atoms with E-state index in [1.165, 1.54) is 0 Å². The first-order valence-electron chi connectivity index (χ1n) is 8.00. The van der Waals surface area contributed by atoms with Crippen molar-refractivity contribution >= 4 is 22.6 Å². The summed E-state index contributed by atoms with van der Waals surface area (Å²) in [5, 5.41) is 0.802. The molecule has 0 aliphatic heterocycles. The van der Waals surface area contributed by atoms with Crippen molar-refractivity contribution in [1.82, 2.24) is 15.8 Å². The van der Waals surface area contributed by atoms with Crippen molar-refractivity contribution < 1.29 is 9.59 Å². The molecule has 2 aromatic rings. The van der Waals surface area contributed by atoms with Gasteiger partial charge in [-0.1, -0.05) is 38.1 Å². The van der Waals surface area contributed by atoms with Gasteiger partial charge in [-0.25, -0.2) is 0 Å². The monoisotopic (exact) mass is 323 g/mol. The van der Waals surface area contributed by atoms with Crippen LogP contribution in [0.15, 0.2) is 42.1 Å². The molecule has 5 heteroatoms. The largest absolute Gasteiger partial charge is 0.302 e. The van der Waals surface area contributed by atoms with Gasteiger partial charge in [0.25, 0.3) is 5.91 Å². The van der Waals surface area contributed by atoms with Gasteiger partial charge in [-0.3, -0.25) is 20.0 Å². The minimum atomic E-state index is -0.242. The number of benzene rings is 1. The summed E-state index contributed by atoms with van der Waals surface area (Å²) in [5.41, 5.74) is 8.30. The highest BCUT2D eigenvalue weighted by Gasteiger charge is 2.26. The number of aryl methyl sites for hydroxylation is 1. The van der Waals surface area contributed by atoms with E-state index in [-0.39, 0.29) is 17.1 Å². The SMILES string of the molecule is Cc1cc(C(=O)NNC2=CC(C)(C)CC(=O)C2)c2ccccc2n1. The van der Waals surface area contributed by atoms with E-state index in [9.17, 15) is 9.59 Å². The zero-order valence-electron chi connectivity index (χ0n) is 14.1. The quantitative estimate of drug-likeness (QED) is 0.852. The van der Waals surface area contributed by atoms with Crippen LogP contribution in [-0.2, 0) is 4.79 Å². The number of fused-ring (bicyclic) bond motifs is 1. The van der Waals surface area contributed by atoms with Crippen molar-refractivity contribution in [1.29, 1.82) is 0 Å². The van der Waals surface area contributed by atoms with Crippen molar-refractivity contribution in [3.05, 3.63) is 53.4 Å². The highest BCUT2D eigenvalue weighted by molar-refractivity contribution is 6.06. The third-order valence-electron chi connectivity index (χ3n) is 4.03. The number of carbonyl (C=O) groups excluding carboxylic acids is 2. The molecule has 0 saturated heterocycles. The van der Waals surface area contributed by atoms with Crippen molar-refractivity contribution in [3.8, 4) is 0 Å². The molecule has 5 nitrogen and oxygen atoms in total. The van der Waals surface area contributed by atoms with E-state index in [0.29, 0.717) is 18.4 Å². The number of hydrogen-bond donors (Lipinski definition) is 2. The smallest absolute Gasteiger partial charge is 0.270 e. The first kappa shape index (κ1) is 16.2. The van der Waals surface area contributed by atoms with E-state index in [1.807, 2.05) is 51.1 Å². The number of pyridine rings is 1. The number of para-hydroxylation sites is 1. The minimum absolute atomic E-state index is 0.171. The predicted molar refractivity (Wildman–Crippen MR) is 93.2 cm³/mol. The van der Waals surface area contributed by atoms with Crippen LogP contribution in [-0.4, -0.2) is 16.7 Å². The van der Waals surface area contributed by atoms with Crippen LogP contribution >= 0.6 is 0 Å². The van der Waals surface area contributed by atoms with E-state index < -0.39 is 0 Å². The summed E-state index contributed by atoms with van der Waals surface area (Å²) in [7, 11) is 0. The van der Waals surface area contributed by atoms with Crippen LogP contribution in [0.5, 0.6) is 0 Å². The second-order valence-electron chi connectivity index (χ2n) is 6.96. The van der Waals surface area contributed by atoms with Crippen molar-refractivity contribution in [2.24, 2.45) is 5.41 Å². The minimum Gasteiger partial charge on any atom is -0.302 e. The summed E-state index contributed by atoms with van der Waals surface area (Å²) in [4.78, 5) is 28.8. The van der Waals surface area contributed by atoms with Gasteiger partial charge in [0.05, 0.1) is 11.1 Å². The van der Waals surface area contributed by atoms with Crippen LogP contribution in [0, 0.1) is 12.3 Å². The number of rotatable bonds is 3. The number of ketones is 1. The Morgan fingerprint density at radius 1 is 1.25 bits per heavy atom. The van der Waals surface area contributed by atoms with Crippen LogP contribution < -0.4 is 10.9 Å². The molecule has 2 N–H and O–H groups in total. The maximum atomic E-state index is 12.6. The molecule has 0 radical (unpaired) electrons. The number of nitrogens with zero attached hydrogens (tertiary/aromatic N) is 1. The zero-order valence-corrected chi connectivity index (χ0v) is 14.1. The molecule has 0 spiro atoms. The molecular formula is C19H21N3O2. The topological polar surface area (TPSA) is 71.1 Å². The normalized spacial score (nSPS) is 16.6. The van der Waals surface area contributed by atoms with Gasteiger partial charge in [0.2, 0.25) is 0 Å². The lowest BCUT2D eigenvalue weighted by molar-refractivity contribution is -0.120. The van der Waals surface area contributed by atoms with E-state index in [1.54, 1.807) is 6.07 Å². The highest BCUT2D eigenvalue weighted by Crippen LogP contribution is 2.29. The maximum absolute atomic E-state index is 12.6. The first-order chi connectivity index (χ1) is 11.3. The molecular weight excluding hydrogens is 302 g/mol. The van der Waals surface area contributed by atoms with Gasteiger partial charge in [0.1, 0.15) is 5.78 Å². The molecule has 0 fully saturated rings. The fraction of sp³-hybridized carbons (Fsp3) is 0.316. The third-order valence-corrected chi connectivity index (χ3v) is 4.03. The number of aromatic nitrogens is 1. The van der Waals surface area contributed by atoms with Gasteiger partial charge in [-0.05, 0) is 24.5 Å². The number of carbonyl (C=O) groups is 2. The Labute approximate surface area is 141 Å². The average Bonchev–Trinajstić information content (AvgIpc) is 2.49. The second kappa shape index (κ2) is 6.07. The highest BCUT2D eigenvalue weighted by atomic mass is 16.2. The predicted octanol–water partition coefficient (Wildman–Crippen LogP) is 3.05. The Bertz CT molecular complexity index is 853. The van der Waals surface area contributed by atoms with Crippen LogP contribution in [0.1, 0.15) is 42.7 Å². The Balaban J connectivity index is 1.81. The fourth-order valence-corrected chi connectivity index (χ4v) is 3.14. The molecule has 0 unspecified atom stereocenters. The molecule has 3 rings (SSSR count). The number of hydrazine groups is 1. The average molecular weight is 323 g/mol. The fourth-order valence-electron chi connectivity index (χ4n) is 3.14. The van der Waals surface area contributed by atoms with Gasteiger partial charge in [-0.2, -0.15) is 0 Å². The molecule has 1 heterocycles.